The lowest BCUT2D eigenvalue weighted by atomic mass is 9.99. The van der Waals surface area contributed by atoms with Crippen molar-refractivity contribution in [2.24, 2.45) is 0 Å². The highest BCUT2D eigenvalue weighted by Gasteiger charge is 2.46. The maximum Gasteiger partial charge on any atom is 0.333 e. The van der Waals surface area contributed by atoms with Gasteiger partial charge in [-0.15, -0.1) is 0 Å². The van der Waals surface area contributed by atoms with Gasteiger partial charge < -0.3 is 54.7 Å². The average Bonchev–Trinajstić information content (AvgIpc) is 2.77. The molecule has 0 amide bonds. The maximum absolute atomic E-state index is 12.1. The van der Waals surface area contributed by atoms with Crippen LogP contribution in [0.4, 0.5) is 0 Å². The standard InChI is InChI=1S/C20H26O12/c21-10-4-1-9(2-5-10)3-6-13(23)32-20-18(28)16(26)15(25)12(31-20)8-30-19-17(27)14(24)11(22)7-29-19/h1-6,11-12,14-22,24-28H,7-8H2/b6-3-/t11-,12-,14+,15-,16+,17-,18-,19+,20+/m1/s1. The van der Waals surface area contributed by atoms with Gasteiger partial charge in [0.25, 0.3) is 0 Å². The summed E-state index contributed by atoms with van der Waals surface area (Å²) in [7, 11) is 0. The normalized spacial score (nSPS) is 38.0. The summed E-state index contributed by atoms with van der Waals surface area (Å²) in [6.45, 7) is -0.765. The summed E-state index contributed by atoms with van der Waals surface area (Å²) >= 11 is 0. The number of ether oxygens (including phenoxy) is 4. The molecule has 0 unspecified atom stereocenters. The molecule has 0 aromatic heterocycles. The Morgan fingerprint density at radius 2 is 1.59 bits per heavy atom. The number of carbonyl (C=O) groups is 1. The summed E-state index contributed by atoms with van der Waals surface area (Å²) in [4.78, 5) is 12.1. The zero-order valence-corrected chi connectivity index (χ0v) is 16.7. The largest absolute Gasteiger partial charge is 0.508 e. The van der Waals surface area contributed by atoms with Crippen LogP contribution in [0.1, 0.15) is 5.56 Å². The first kappa shape index (κ1) is 24.5. The second-order valence-corrected chi connectivity index (χ2v) is 7.46. The summed E-state index contributed by atoms with van der Waals surface area (Å²) in [5.74, 6) is -0.852. The number of phenols is 1. The second-order valence-electron chi connectivity index (χ2n) is 7.46. The molecule has 1 aromatic carbocycles. The molecule has 12 nitrogen and oxygen atoms in total. The van der Waals surface area contributed by atoms with Gasteiger partial charge in [-0.2, -0.15) is 0 Å². The fraction of sp³-hybridized carbons (Fsp3) is 0.550. The topological polar surface area (TPSA) is 196 Å². The molecule has 2 heterocycles. The molecule has 0 spiro atoms. The number of carbonyl (C=O) groups excluding carboxylic acids is 1. The summed E-state index contributed by atoms with van der Waals surface area (Å²) in [5.41, 5.74) is 0.588. The van der Waals surface area contributed by atoms with Crippen molar-refractivity contribution in [3.8, 4) is 5.75 Å². The van der Waals surface area contributed by atoms with E-state index in [1.54, 1.807) is 12.1 Å². The lowest BCUT2D eigenvalue weighted by Crippen LogP contribution is -2.60. The van der Waals surface area contributed by atoms with E-state index in [1.165, 1.54) is 18.2 Å². The van der Waals surface area contributed by atoms with Gasteiger partial charge in [0.15, 0.2) is 6.29 Å². The molecule has 2 aliphatic rings. The van der Waals surface area contributed by atoms with Crippen molar-refractivity contribution in [2.45, 2.75) is 55.3 Å². The van der Waals surface area contributed by atoms with Crippen molar-refractivity contribution in [1.82, 2.24) is 0 Å². The number of hydrogen-bond donors (Lipinski definition) is 7. The molecule has 12 heteroatoms. The molecule has 32 heavy (non-hydrogen) atoms. The van der Waals surface area contributed by atoms with E-state index >= 15 is 0 Å². The average molecular weight is 458 g/mol. The van der Waals surface area contributed by atoms with Crippen LogP contribution in [-0.4, -0.2) is 110 Å². The van der Waals surface area contributed by atoms with Crippen molar-refractivity contribution >= 4 is 12.0 Å². The van der Waals surface area contributed by atoms with Crippen LogP contribution in [0.25, 0.3) is 6.08 Å². The number of aliphatic hydroxyl groups excluding tert-OH is 6. The Labute approximate surface area is 182 Å². The highest BCUT2D eigenvalue weighted by Crippen LogP contribution is 2.24. The van der Waals surface area contributed by atoms with Crippen LogP contribution in [0.5, 0.6) is 5.75 Å². The van der Waals surface area contributed by atoms with E-state index in [0.717, 1.165) is 6.08 Å². The minimum atomic E-state index is -1.75. The van der Waals surface area contributed by atoms with E-state index in [9.17, 15) is 40.5 Å². The van der Waals surface area contributed by atoms with Crippen LogP contribution < -0.4 is 0 Å². The second kappa shape index (κ2) is 10.7. The molecule has 1 aromatic rings. The number of esters is 1. The Bertz CT molecular complexity index is 783. The molecule has 2 fully saturated rings. The highest BCUT2D eigenvalue weighted by atomic mass is 16.7. The van der Waals surface area contributed by atoms with Gasteiger partial charge in [0.1, 0.15) is 48.5 Å². The van der Waals surface area contributed by atoms with Gasteiger partial charge in [-0.1, -0.05) is 12.1 Å². The van der Waals surface area contributed by atoms with E-state index in [4.69, 9.17) is 18.9 Å². The van der Waals surface area contributed by atoms with Crippen molar-refractivity contribution in [3.63, 3.8) is 0 Å². The highest BCUT2D eigenvalue weighted by molar-refractivity contribution is 5.87. The van der Waals surface area contributed by atoms with E-state index < -0.39 is 67.9 Å². The Morgan fingerprint density at radius 3 is 2.28 bits per heavy atom. The minimum absolute atomic E-state index is 0.0566. The van der Waals surface area contributed by atoms with Gasteiger partial charge in [0.2, 0.25) is 6.29 Å². The fourth-order valence-corrected chi connectivity index (χ4v) is 3.17. The molecule has 0 aliphatic carbocycles. The van der Waals surface area contributed by atoms with Crippen molar-refractivity contribution in [2.75, 3.05) is 13.2 Å². The Kier molecular flexibility index (Phi) is 8.16. The molecule has 2 aliphatic heterocycles. The number of hydrogen-bond acceptors (Lipinski definition) is 12. The predicted octanol–water partition coefficient (Wildman–Crippen LogP) is -2.79. The summed E-state index contributed by atoms with van der Waals surface area (Å²) in [5, 5.41) is 68.6. The quantitative estimate of drug-likeness (QED) is 0.171. The van der Waals surface area contributed by atoms with Crippen molar-refractivity contribution in [3.05, 3.63) is 35.9 Å². The maximum atomic E-state index is 12.1. The van der Waals surface area contributed by atoms with Gasteiger partial charge in [-0.3, -0.25) is 0 Å². The number of phenolic OH excluding ortho intramolecular Hbond substituents is 1. The Morgan fingerprint density at radius 1 is 0.938 bits per heavy atom. The Hall–Kier alpha value is -2.13. The molecule has 7 N–H and O–H groups in total. The van der Waals surface area contributed by atoms with E-state index in [1.807, 2.05) is 0 Å². The first-order valence-electron chi connectivity index (χ1n) is 9.82. The van der Waals surface area contributed by atoms with Gasteiger partial charge in [-0.25, -0.2) is 4.79 Å². The van der Waals surface area contributed by atoms with Crippen LogP contribution in [-0.2, 0) is 23.7 Å². The molecule has 178 valence electrons. The zero-order chi connectivity index (χ0) is 23.4. The third-order valence-corrected chi connectivity index (χ3v) is 5.08. The lowest BCUT2D eigenvalue weighted by Gasteiger charge is -2.41. The van der Waals surface area contributed by atoms with Gasteiger partial charge in [-0.05, 0) is 23.8 Å². The Balaban J connectivity index is 1.57. The molecule has 2 saturated heterocycles. The summed E-state index contributed by atoms with van der Waals surface area (Å²) in [6, 6.07) is 5.95. The first-order chi connectivity index (χ1) is 15.2. The zero-order valence-electron chi connectivity index (χ0n) is 16.7. The molecular weight excluding hydrogens is 432 g/mol. The van der Waals surface area contributed by atoms with E-state index in [0.29, 0.717) is 5.56 Å². The third-order valence-electron chi connectivity index (χ3n) is 5.08. The third kappa shape index (κ3) is 5.81. The smallest absolute Gasteiger partial charge is 0.333 e. The van der Waals surface area contributed by atoms with Crippen LogP contribution in [0, 0.1) is 0 Å². The van der Waals surface area contributed by atoms with Crippen LogP contribution in [0.3, 0.4) is 0 Å². The monoisotopic (exact) mass is 458 g/mol. The van der Waals surface area contributed by atoms with E-state index in [-0.39, 0.29) is 12.4 Å². The minimum Gasteiger partial charge on any atom is -0.508 e. The van der Waals surface area contributed by atoms with Crippen LogP contribution in [0.2, 0.25) is 0 Å². The number of aliphatic hydroxyl groups is 6. The number of benzene rings is 1. The fourth-order valence-electron chi connectivity index (χ4n) is 3.17. The SMILES string of the molecule is O=C(/C=C\c1ccc(O)cc1)O[C@@H]1O[C@H](CO[C@@H]2OC[C@@H](O)[C@H](O)[C@H]2O)[C@@H](O)[C@H](O)[C@H]1O. The van der Waals surface area contributed by atoms with Crippen LogP contribution in [0.15, 0.2) is 30.3 Å². The number of aromatic hydroxyl groups is 1. The molecule has 0 bridgehead atoms. The van der Waals surface area contributed by atoms with Gasteiger partial charge >= 0.3 is 5.97 Å². The van der Waals surface area contributed by atoms with Crippen molar-refractivity contribution in [1.29, 1.82) is 0 Å². The predicted molar refractivity (Wildman–Crippen MR) is 104 cm³/mol. The van der Waals surface area contributed by atoms with Gasteiger partial charge in [0, 0.05) is 6.08 Å². The van der Waals surface area contributed by atoms with E-state index in [2.05, 4.69) is 0 Å². The molecule has 9 atom stereocenters. The summed E-state index contributed by atoms with van der Waals surface area (Å²) in [6.07, 6.45) is -11.3. The van der Waals surface area contributed by atoms with Gasteiger partial charge in [0.05, 0.1) is 13.2 Å². The molecule has 3 rings (SSSR count). The summed E-state index contributed by atoms with van der Waals surface area (Å²) < 4.78 is 20.7. The molecular formula is C20H26O12. The molecule has 0 radical (unpaired) electrons. The number of rotatable bonds is 6. The van der Waals surface area contributed by atoms with Crippen LogP contribution >= 0.6 is 0 Å². The first-order valence-corrected chi connectivity index (χ1v) is 9.82. The van der Waals surface area contributed by atoms with Crippen molar-refractivity contribution < 1.29 is 59.5 Å². The lowest BCUT2D eigenvalue weighted by molar-refractivity contribution is -0.314. The molecule has 0 saturated carbocycles.